The zero-order valence-electron chi connectivity index (χ0n) is 9.70. The van der Waals surface area contributed by atoms with E-state index in [1.807, 2.05) is 6.07 Å². The molecular weight excluding hydrogens is 254 g/mol. The molecule has 0 saturated carbocycles. The Morgan fingerprint density at radius 2 is 2.12 bits per heavy atom. The van der Waals surface area contributed by atoms with E-state index >= 15 is 0 Å². The highest BCUT2D eigenvalue weighted by Crippen LogP contribution is 2.30. The lowest BCUT2D eigenvalue weighted by Gasteiger charge is -2.15. The second-order valence-electron chi connectivity index (χ2n) is 4.00. The van der Waals surface area contributed by atoms with E-state index in [-0.39, 0.29) is 11.8 Å². The van der Waals surface area contributed by atoms with E-state index in [1.165, 1.54) is 10.4 Å². The van der Waals surface area contributed by atoms with Crippen molar-refractivity contribution in [3.05, 3.63) is 45.1 Å². The molecule has 90 valence electrons. The summed E-state index contributed by atoms with van der Waals surface area (Å²) in [5, 5.41) is 15.2. The first kappa shape index (κ1) is 12.3. The normalized spacial score (nSPS) is 12.4. The lowest BCUT2D eigenvalue weighted by atomic mass is 10.2. The number of aryl methyl sites for hydroxylation is 1. The van der Waals surface area contributed by atoms with Crippen LogP contribution in [0.2, 0.25) is 5.02 Å². The number of phenolic OH excluding ortho intramolecular Hbond substituents is 1. The molecule has 0 aliphatic carbocycles. The Balaban J connectivity index is 2.16. The summed E-state index contributed by atoms with van der Waals surface area (Å²) < 4.78 is 0. The van der Waals surface area contributed by atoms with Gasteiger partial charge in [-0.05, 0) is 49.1 Å². The Hall–Kier alpha value is -1.19. The summed E-state index contributed by atoms with van der Waals surface area (Å²) in [4.78, 5) is 1.31. The molecule has 2 N–H and O–H groups in total. The van der Waals surface area contributed by atoms with Gasteiger partial charge in [-0.25, -0.2) is 0 Å². The molecule has 4 heteroatoms. The number of hydrogen-bond donors (Lipinski definition) is 2. The SMILES string of the molecule is Cc1ccsc1C(C)Nc1ccc(O)c(Cl)c1. The predicted octanol–water partition coefficient (Wildman–Crippen LogP) is 4.59. The van der Waals surface area contributed by atoms with Gasteiger partial charge in [0, 0.05) is 10.6 Å². The molecule has 0 aliphatic rings. The topological polar surface area (TPSA) is 32.3 Å². The van der Waals surface area contributed by atoms with Gasteiger partial charge in [-0.1, -0.05) is 11.6 Å². The Morgan fingerprint density at radius 1 is 1.35 bits per heavy atom. The monoisotopic (exact) mass is 267 g/mol. The highest BCUT2D eigenvalue weighted by molar-refractivity contribution is 7.10. The molecule has 2 aromatic rings. The van der Waals surface area contributed by atoms with Crippen LogP contribution in [-0.2, 0) is 0 Å². The Bertz CT molecular complexity index is 524. The molecule has 0 saturated heterocycles. The van der Waals surface area contributed by atoms with Crippen LogP contribution in [0.25, 0.3) is 0 Å². The molecular formula is C13H14ClNOS. The number of aromatic hydroxyl groups is 1. The summed E-state index contributed by atoms with van der Waals surface area (Å²) in [7, 11) is 0. The molecule has 0 aliphatic heterocycles. The molecule has 0 radical (unpaired) electrons. The third-order valence-corrected chi connectivity index (χ3v) is 4.13. The zero-order valence-corrected chi connectivity index (χ0v) is 11.3. The van der Waals surface area contributed by atoms with E-state index in [0.717, 1.165) is 5.69 Å². The molecule has 0 bridgehead atoms. The summed E-state index contributed by atoms with van der Waals surface area (Å²) in [5.41, 5.74) is 2.20. The minimum absolute atomic E-state index is 0.108. The minimum atomic E-state index is 0.108. The van der Waals surface area contributed by atoms with E-state index in [0.29, 0.717) is 5.02 Å². The maximum atomic E-state index is 9.35. The second kappa shape index (κ2) is 4.98. The number of thiophene rings is 1. The average molecular weight is 268 g/mol. The molecule has 17 heavy (non-hydrogen) atoms. The van der Waals surface area contributed by atoms with Crippen molar-refractivity contribution in [2.75, 3.05) is 5.32 Å². The predicted molar refractivity (Wildman–Crippen MR) is 74.2 cm³/mol. The molecule has 2 rings (SSSR count). The lowest BCUT2D eigenvalue weighted by Crippen LogP contribution is -2.05. The average Bonchev–Trinajstić information content (AvgIpc) is 2.70. The van der Waals surface area contributed by atoms with E-state index in [2.05, 4.69) is 30.6 Å². The largest absolute Gasteiger partial charge is 0.506 e. The molecule has 0 fully saturated rings. The fraction of sp³-hybridized carbons (Fsp3) is 0.231. The van der Waals surface area contributed by atoms with Crippen LogP contribution in [0.1, 0.15) is 23.4 Å². The number of benzene rings is 1. The first-order chi connectivity index (χ1) is 8.08. The Kier molecular flexibility index (Phi) is 3.60. The molecule has 0 spiro atoms. The van der Waals surface area contributed by atoms with Crippen LogP contribution in [0.5, 0.6) is 5.75 Å². The minimum Gasteiger partial charge on any atom is -0.506 e. The molecule has 1 aromatic heterocycles. The van der Waals surface area contributed by atoms with Gasteiger partial charge in [0.15, 0.2) is 0 Å². The molecule has 1 atom stereocenters. The van der Waals surface area contributed by atoms with Crippen molar-refractivity contribution in [3.63, 3.8) is 0 Å². The third kappa shape index (κ3) is 2.73. The van der Waals surface area contributed by atoms with Crippen LogP contribution in [0.3, 0.4) is 0 Å². The molecule has 0 amide bonds. The maximum absolute atomic E-state index is 9.35. The van der Waals surface area contributed by atoms with E-state index in [9.17, 15) is 5.11 Å². The second-order valence-corrected chi connectivity index (χ2v) is 5.35. The molecule has 1 unspecified atom stereocenters. The quantitative estimate of drug-likeness (QED) is 0.798. The number of nitrogens with one attached hydrogen (secondary N) is 1. The molecule has 1 aromatic carbocycles. The highest BCUT2D eigenvalue weighted by atomic mass is 35.5. The lowest BCUT2D eigenvalue weighted by molar-refractivity contribution is 0.475. The van der Waals surface area contributed by atoms with Crippen molar-refractivity contribution in [1.82, 2.24) is 0 Å². The fourth-order valence-electron chi connectivity index (χ4n) is 1.74. The molecule has 2 nitrogen and oxygen atoms in total. The fourth-order valence-corrected chi connectivity index (χ4v) is 2.86. The van der Waals surface area contributed by atoms with Crippen LogP contribution in [-0.4, -0.2) is 5.11 Å². The van der Waals surface area contributed by atoms with Gasteiger partial charge in [0.05, 0.1) is 11.1 Å². The van der Waals surface area contributed by atoms with Gasteiger partial charge in [-0.15, -0.1) is 11.3 Å². The van der Waals surface area contributed by atoms with Gasteiger partial charge in [0.2, 0.25) is 0 Å². The maximum Gasteiger partial charge on any atom is 0.134 e. The number of halogens is 1. The van der Waals surface area contributed by atoms with Crippen LogP contribution >= 0.6 is 22.9 Å². The number of phenols is 1. The summed E-state index contributed by atoms with van der Waals surface area (Å²) in [6.45, 7) is 4.22. The van der Waals surface area contributed by atoms with Crippen molar-refractivity contribution in [2.24, 2.45) is 0 Å². The first-order valence-corrected chi connectivity index (χ1v) is 6.62. The first-order valence-electron chi connectivity index (χ1n) is 5.37. The number of anilines is 1. The summed E-state index contributed by atoms with van der Waals surface area (Å²) in [6, 6.07) is 7.49. The van der Waals surface area contributed by atoms with Crippen LogP contribution in [0.15, 0.2) is 29.6 Å². The molecule has 1 heterocycles. The standard InChI is InChI=1S/C13H14ClNOS/c1-8-5-6-17-13(8)9(2)15-10-3-4-12(16)11(14)7-10/h3-7,9,15-16H,1-2H3. The smallest absolute Gasteiger partial charge is 0.134 e. The van der Waals surface area contributed by atoms with E-state index in [4.69, 9.17) is 11.6 Å². The van der Waals surface area contributed by atoms with Gasteiger partial charge in [-0.2, -0.15) is 0 Å². The van der Waals surface area contributed by atoms with Crippen LogP contribution < -0.4 is 5.32 Å². The Labute approximate surface area is 110 Å². The van der Waals surface area contributed by atoms with Crippen molar-refractivity contribution in [3.8, 4) is 5.75 Å². The summed E-state index contributed by atoms with van der Waals surface area (Å²) >= 11 is 7.61. The van der Waals surface area contributed by atoms with Crippen molar-refractivity contribution in [1.29, 1.82) is 0 Å². The van der Waals surface area contributed by atoms with Gasteiger partial charge in [0.1, 0.15) is 5.75 Å². The van der Waals surface area contributed by atoms with Gasteiger partial charge in [-0.3, -0.25) is 0 Å². The van der Waals surface area contributed by atoms with Crippen molar-refractivity contribution in [2.45, 2.75) is 19.9 Å². The van der Waals surface area contributed by atoms with Crippen molar-refractivity contribution < 1.29 is 5.11 Å². The zero-order chi connectivity index (χ0) is 12.4. The Morgan fingerprint density at radius 3 is 2.71 bits per heavy atom. The third-order valence-electron chi connectivity index (χ3n) is 2.63. The number of hydrogen-bond acceptors (Lipinski definition) is 3. The van der Waals surface area contributed by atoms with Gasteiger partial charge in [0.25, 0.3) is 0 Å². The van der Waals surface area contributed by atoms with Crippen LogP contribution in [0.4, 0.5) is 5.69 Å². The van der Waals surface area contributed by atoms with Gasteiger partial charge < -0.3 is 10.4 Å². The van der Waals surface area contributed by atoms with Crippen LogP contribution in [0, 0.1) is 6.92 Å². The van der Waals surface area contributed by atoms with Gasteiger partial charge >= 0.3 is 0 Å². The van der Waals surface area contributed by atoms with E-state index in [1.54, 1.807) is 23.5 Å². The highest BCUT2D eigenvalue weighted by Gasteiger charge is 2.10. The number of rotatable bonds is 3. The van der Waals surface area contributed by atoms with Crippen molar-refractivity contribution >= 4 is 28.6 Å². The van der Waals surface area contributed by atoms with E-state index < -0.39 is 0 Å². The summed E-state index contributed by atoms with van der Waals surface area (Å²) in [6.07, 6.45) is 0. The summed E-state index contributed by atoms with van der Waals surface area (Å²) in [5.74, 6) is 0.108.